The number of likely N-dealkylation sites (tertiary alicyclic amines) is 1. The summed E-state index contributed by atoms with van der Waals surface area (Å²) in [5.74, 6) is 1.22. The predicted octanol–water partition coefficient (Wildman–Crippen LogP) is -0.744. The molecule has 0 aromatic rings. The second-order valence-corrected chi connectivity index (χ2v) is 4.36. The van der Waals surface area contributed by atoms with Crippen molar-refractivity contribution in [3.05, 3.63) is 0 Å². The Labute approximate surface area is 85.7 Å². The van der Waals surface area contributed by atoms with Crippen molar-refractivity contribution in [1.82, 2.24) is 4.90 Å². The SMILES string of the molecule is CC1CCN(CC(O)CO)CC1CN. The maximum absolute atomic E-state index is 9.31. The van der Waals surface area contributed by atoms with Gasteiger partial charge in [0.05, 0.1) is 12.7 Å². The molecule has 1 aliphatic rings. The van der Waals surface area contributed by atoms with Gasteiger partial charge in [-0.1, -0.05) is 6.92 Å². The number of piperidine rings is 1. The van der Waals surface area contributed by atoms with Gasteiger partial charge in [0.2, 0.25) is 0 Å². The largest absolute Gasteiger partial charge is 0.394 e. The molecule has 3 atom stereocenters. The van der Waals surface area contributed by atoms with Crippen LogP contribution in [-0.4, -0.2) is 54.0 Å². The lowest BCUT2D eigenvalue weighted by Gasteiger charge is -2.37. The zero-order chi connectivity index (χ0) is 10.6. The first-order valence-electron chi connectivity index (χ1n) is 5.38. The topological polar surface area (TPSA) is 69.7 Å². The highest BCUT2D eigenvalue weighted by atomic mass is 16.3. The number of aliphatic hydroxyl groups excluding tert-OH is 2. The van der Waals surface area contributed by atoms with Crippen molar-refractivity contribution in [2.75, 3.05) is 32.8 Å². The van der Waals surface area contributed by atoms with Crippen molar-refractivity contribution in [2.45, 2.75) is 19.4 Å². The number of hydrogen-bond acceptors (Lipinski definition) is 4. The Morgan fingerprint density at radius 2 is 2.29 bits per heavy atom. The van der Waals surface area contributed by atoms with E-state index in [9.17, 15) is 5.11 Å². The van der Waals surface area contributed by atoms with E-state index in [1.165, 1.54) is 0 Å². The lowest BCUT2D eigenvalue weighted by atomic mass is 9.87. The molecule has 4 heteroatoms. The fourth-order valence-electron chi connectivity index (χ4n) is 2.05. The third-order valence-electron chi connectivity index (χ3n) is 3.18. The Morgan fingerprint density at radius 3 is 2.86 bits per heavy atom. The molecule has 1 heterocycles. The maximum atomic E-state index is 9.31. The van der Waals surface area contributed by atoms with Crippen LogP contribution in [0.1, 0.15) is 13.3 Å². The smallest absolute Gasteiger partial charge is 0.0897 e. The molecule has 0 saturated carbocycles. The van der Waals surface area contributed by atoms with Crippen molar-refractivity contribution >= 4 is 0 Å². The van der Waals surface area contributed by atoms with Gasteiger partial charge in [0.1, 0.15) is 0 Å². The van der Waals surface area contributed by atoms with Crippen molar-refractivity contribution in [3.63, 3.8) is 0 Å². The summed E-state index contributed by atoms with van der Waals surface area (Å²) >= 11 is 0. The molecule has 84 valence electrons. The maximum Gasteiger partial charge on any atom is 0.0897 e. The summed E-state index contributed by atoms with van der Waals surface area (Å²) in [4.78, 5) is 2.19. The molecule has 4 N–H and O–H groups in total. The van der Waals surface area contributed by atoms with Gasteiger partial charge in [-0.05, 0) is 31.3 Å². The van der Waals surface area contributed by atoms with E-state index in [-0.39, 0.29) is 6.61 Å². The van der Waals surface area contributed by atoms with Crippen LogP contribution in [0.4, 0.5) is 0 Å². The van der Waals surface area contributed by atoms with Crippen LogP contribution < -0.4 is 5.73 Å². The predicted molar refractivity (Wildman–Crippen MR) is 55.9 cm³/mol. The molecule has 0 aromatic carbocycles. The van der Waals surface area contributed by atoms with Crippen molar-refractivity contribution < 1.29 is 10.2 Å². The van der Waals surface area contributed by atoms with Crippen molar-refractivity contribution in [1.29, 1.82) is 0 Å². The average Bonchev–Trinajstić information content (AvgIpc) is 2.20. The monoisotopic (exact) mass is 202 g/mol. The van der Waals surface area contributed by atoms with E-state index in [2.05, 4.69) is 11.8 Å². The molecule has 4 nitrogen and oxygen atoms in total. The minimum Gasteiger partial charge on any atom is -0.394 e. The lowest BCUT2D eigenvalue weighted by molar-refractivity contribution is 0.0358. The van der Waals surface area contributed by atoms with Crippen LogP contribution in [-0.2, 0) is 0 Å². The van der Waals surface area contributed by atoms with Crippen LogP contribution in [0.15, 0.2) is 0 Å². The highest BCUT2D eigenvalue weighted by molar-refractivity contribution is 4.79. The molecule has 14 heavy (non-hydrogen) atoms. The van der Waals surface area contributed by atoms with Gasteiger partial charge in [-0.25, -0.2) is 0 Å². The second-order valence-electron chi connectivity index (χ2n) is 4.36. The third-order valence-corrected chi connectivity index (χ3v) is 3.18. The zero-order valence-corrected chi connectivity index (χ0v) is 8.89. The van der Waals surface area contributed by atoms with Gasteiger partial charge in [0, 0.05) is 13.1 Å². The number of rotatable bonds is 4. The van der Waals surface area contributed by atoms with Gasteiger partial charge >= 0.3 is 0 Å². The fraction of sp³-hybridized carbons (Fsp3) is 1.00. The molecule has 0 radical (unpaired) electrons. The number of nitrogens with two attached hydrogens (primary N) is 1. The molecule has 0 aromatic heterocycles. The quantitative estimate of drug-likeness (QED) is 0.561. The standard InChI is InChI=1S/C10H22N2O2/c1-8-2-3-12(5-9(8)4-11)6-10(14)7-13/h8-10,13-14H,2-7,11H2,1H3. The van der Waals surface area contributed by atoms with E-state index in [0.29, 0.717) is 24.9 Å². The molecule has 0 aliphatic carbocycles. The Bertz CT molecular complexity index is 166. The summed E-state index contributed by atoms with van der Waals surface area (Å²) in [5, 5.41) is 18.1. The van der Waals surface area contributed by atoms with Crippen LogP contribution in [0.25, 0.3) is 0 Å². The van der Waals surface area contributed by atoms with E-state index < -0.39 is 6.10 Å². The van der Waals surface area contributed by atoms with Gasteiger partial charge < -0.3 is 20.8 Å². The Kier molecular flexibility index (Phi) is 4.81. The first-order valence-corrected chi connectivity index (χ1v) is 5.38. The molecule has 1 rings (SSSR count). The second kappa shape index (κ2) is 5.66. The first-order chi connectivity index (χ1) is 6.67. The van der Waals surface area contributed by atoms with Gasteiger partial charge in [-0.3, -0.25) is 0 Å². The summed E-state index contributed by atoms with van der Waals surface area (Å²) in [6.07, 6.45) is 0.529. The average molecular weight is 202 g/mol. The van der Waals surface area contributed by atoms with Crippen LogP contribution in [0.5, 0.6) is 0 Å². The van der Waals surface area contributed by atoms with Gasteiger partial charge in [-0.15, -0.1) is 0 Å². The summed E-state index contributed by atoms with van der Waals surface area (Å²) in [7, 11) is 0. The minimum absolute atomic E-state index is 0.153. The summed E-state index contributed by atoms with van der Waals surface area (Å²) in [6.45, 7) is 5.33. The highest BCUT2D eigenvalue weighted by Crippen LogP contribution is 2.21. The summed E-state index contributed by atoms with van der Waals surface area (Å²) < 4.78 is 0. The molecule has 0 amide bonds. The van der Waals surface area contributed by atoms with Crippen LogP contribution in [0, 0.1) is 11.8 Å². The summed E-state index contributed by atoms with van der Waals surface area (Å²) in [5.41, 5.74) is 5.68. The third kappa shape index (κ3) is 3.20. The number of nitrogens with zero attached hydrogens (tertiary/aromatic N) is 1. The zero-order valence-electron chi connectivity index (χ0n) is 8.89. The molecule has 0 spiro atoms. The van der Waals surface area contributed by atoms with Crippen LogP contribution >= 0.6 is 0 Å². The van der Waals surface area contributed by atoms with E-state index >= 15 is 0 Å². The number of β-amino-alcohol motifs (C(OH)–C–C–N with tert-alkyl or cyclic N) is 1. The molecule has 0 bridgehead atoms. The fourth-order valence-corrected chi connectivity index (χ4v) is 2.05. The molecular formula is C10H22N2O2. The molecular weight excluding hydrogens is 180 g/mol. The van der Waals surface area contributed by atoms with E-state index in [1.54, 1.807) is 0 Å². The van der Waals surface area contributed by atoms with Gasteiger partial charge in [-0.2, -0.15) is 0 Å². The Balaban J connectivity index is 2.34. The van der Waals surface area contributed by atoms with Crippen molar-refractivity contribution in [2.24, 2.45) is 17.6 Å². The summed E-state index contributed by atoms with van der Waals surface area (Å²) in [6, 6.07) is 0. The minimum atomic E-state index is -0.609. The molecule has 1 fully saturated rings. The Morgan fingerprint density at radius 1 is 1.57 bits per heavy atom. The molecule has 3 unspecified atom stereocenters. The van der Waals surface area contributed by atoms with E-state index in [1.807, 2.05) is 0 Å². The van der Waals surface area contributed by atoms with E-state index in [4.69, 9.17) is 10.8 Å². The van der Waals surface area contributed by atoms with Crippen LogP contribution in [0.3, 0.4) is 0 Å². The number of hydrogen-bond donors (Lipinski definition) is 3. The van der Waals surface area contributed by atoms with E-state index in [0.717, 1.165) is 19.5 Å². The van der Waals surface area contributed by atoms with Crippen LogP contribution in [0.2, 0.25) is 0 Å². The van der Waals surface area contributed by atoms with Crippen molar-refractivity contribution in [3.8, 4) is 0 Å². The Hall–Kier alpha value is -0.160. The molecule has 1 aliphatic heterocycles. The van der Waals surface area contributed by atoms with Gasteiger partial charge in [0.15, 0.2) is 0 Å². The number of aliphatic hydroxyl groups is 2. The highest BCUT2D eigenvalue weighted by Gasteiger charge is 2.25. The normalized spacial score (nSPS) is 31.7. The molecule has 1 saturated heterocycles. The first kappa shape index (κ1) is 11.9. The van der Waals surface area contributed by atoms with Gasteiger partial charge in [0.25, 0.3) is 0 Å². The lowest BCUT2D eigenvalue weighted by Crippen LogP contribution is -2.45.